The third kappa shape index (κ3) is 6.40. The summed E-state index contributed by atoms with van der Waals surface area (Å²) in [5, 5.41) is 11.4. The summed E-state index contributed by atoms with van der Waals surface area (Å²) in [5.41, 5.74) is 0. The van der Waals surface area contributed by atoms with Gasteiger partial charge in [0.1, 0.15) is 6.54 Å². The van der Waals surface area contributed by atoms with Crippen LogP contribution in [0.3, 0.4) is 0 Å². The van der Waals surface area contributed by atoms with Gasteiger partial charge in [0.2, 0.25) is 0 Å². The van der Waals surface area contributed by atoms with Crippen LogP contribution in [-0.4, -0.2) is 79.4 Å². The van der Waals surface area contributed by atoms with Crippen LogP contribution < -0.4 is 5.32 Å². The van der Waals surface area contributed by atoms with Gasteiger partial charge in [0, 0.05) is 26.2 Å². The molecular weight excluding hydrogens is 250 g/mol. The number of urea groups is 1. The van der Waals surface area contributed by atoms with Crippen LogP contribution in [0.4, 0.5) is 4.79 Å². The van der Waals surface area contributed by atoms with E-state index in [4.69, 9.17) is 9.84 Å². The summed E-state index contributed by atoms with van der Waals surface area (Å²) in [7, 11) is 0. The Bertz CT molecular complexity index is 293. The minimum absolute atomic E-state index is 0.258. The molecule has 0 unspecified atom stereocenters. The third-order valence-electron chi connectivity index (χ3n) is 3.03. The average molecular weight is 273 g/mol. The van der Waals surface area contributed by atoms with Crippen molar-refractivity contribution in [2.45, 2.75) is 13.3 Å². The number of carboxylic acids is 1. The fourth-order valence-electron chi connectivity index (χ4n) is 1.93. The fraction of sp³-hybridized carbons (Fsp3) is 0.833. The third-order valence-corrected chi connectivity index (χ3v) is 3.03. The van der Waals surface area contributed by atoms with Gasteiger partial charge in [0.15, 0.2) is 0 Å². The zero-order valence-electron chi connectivity index (χ0n) is 11.4. The molecule has 7 nitrogen and oxygen atoms in total. The number of nitrogens with zero attached hydrogens (tertiary/aromatic N) is 2. The predicted molar refractivity (Wildman–Crippen MR) is 70.2 cm³/mol. The molecule has 0 radical (unpaired) electrons. The minimum atomic E-state index is -0.995. The molecule has 19 heavy (non-hydrogen) atoms. The smallest absolute Gasteiger partial charge is 0.323 e. The molecule has 0 aromatic carbocycles. The van der Waals surface area contributed by atoms with Crippen molar-refractivity contribution in [1.29, 1.82) is 0 Å². The van der Waals surface area contributed by atoms with E-state index in [9.17, 15) is 9.59 Å². The van der Waals surface area contributed by atoms with Gasteiger partial charge in [-0.25, -0.2) is 4.79 Å². The molecule has 0 spiro atoms. The molecule has 1 fully saturated rings. The van der Waals surface area contributed by atoms with E-state index in [2.05, 4.69) is 10.2 Å². The van der Waals surface area contributed by atoms with Crippen molar-refractivity contribution in [3.63, 3.8) is 0 Å². The molecule has 0 aliphatic carbocycles. The largest absolute Gasteiger partial charge is 0.480 e. The Labute approximate surface area is 113 Å². The highest BCUT2D eigenvalue weighted by Crippen LogP contribution is 1.97. The minimum Gasteiger partial charge on any atom is -0.480 e. The number of rotatable bonds is 7. The summed E-state index contributed by atoms with van der Waals surface area (Å²) in [6.45, 7) is 6.80. The van der Waals surface area contributed by atoms with Crippen LogP contribution in [0.2, 0.25) is 0 Å². The monoisotopic (exact) mass is 273 g/mol. The van der Waals surface area contributed by atoms with Crippen molar-refractivity contribution in [2.24, 2.45) is 0 Å². The van der Waals surface area contributed by atoms with E-state index in [0.29, 0.717) is 13.1 Å². The van der Waals surface area contributed by atoms with Crippen molar-refractivity contribution in [2.75, 3.05) is 52.5 Å². The van der Waals surface area contributed by atoms with Gasteiger partial charge in [-0.1, -0.05) is 0 Å². The molecule has 0 atom stereocenters. The highest BCUT2D eigenvalue weighted by molar-refractivity contribution is 5.79. The number of hydrogen-bond acceptors (Lipinski definition) is 4. The predicted octanol–water partition coefficient (Wildman–Crippen LogP) is -0.175. The maximum absolute atomic E-state index is 11.7. The maximum Gasteiger partial charge on any atom is 0.323 e. The lowest BCUT2D eigenvalue weighted by Crippen LogP contribution is -2.43. The van der Waals surface area contributed by atoms with Gasteiger partial charge in [-0.2, -0.15) is 0 Å². The highest BCUT2D eigenvalue weighted by atomic mass is 16.5. The molecule has 2 N–H and O–H groups in total. The van der Waals surface area contributed by atoms with E-state index < -0.39 is 5.97 Å². The number of carboxylic acid groups (broad SMARTS) is 1. The van der Waals surface area contributed by atoms with Gasteiger partial charge < -0.3 is 20.1 Å². The second-order valence-electron chi connectivity index (χ2n) is 4.45. The molecular formula is C12H23N3O4. The SMILES string of the molecule is CCN(CC(=O)O)C(=O)NCCCN1CCOCC1. The number of likely N-dealkylation sites (N-methyl/N-ethyl adjacent to an activating group) is 1. The number of morpholine rings is 1. The molecule has 0 aromatic heterocycles. The molecule has 0 saturated carbocycles. The Kier molecular flexibility index (Phi) is 7.20. The van der Waals surface area contributed by atoms with E-state index in [1.807, 2.05) is 0 Å². The van der Waals surface area contributed by atoms with E-state index >= 15 is 0 Å². The van der Waals surface area contributed by atoms with Gasteiger partial charge in [-0.3, -0.25) is 9.69 Å². The number of carbonyl (C=O) groups excluding carboxylic acids is 1. The first-order chi connectivity index (χ1) is 9.13. The molecule has 1 heterocycles. The number of ether oxygens (including phenoxy) is 1. The summed E-state index contributed by atoms with van der Waals surface area (Å²) >= 11 is 0. The normalized spacial score (nSPS) is 16.1. The number of carbonyl (C=O) groups is 2. The van der Waals surface area contributed by atoms with E-state index in [1.54, 1.807) is 6.92 Å². The van der Waals surface area contributed by atoms with Crippen molar-refractivity contribution in [3.05, 3.63) is 0 Å². The van der Waals surface area contributed by atoms with Crippen LogP contribution in [-0.2, 0) is 9.53 Å². The summed E-state index contributed by atoms with van der Waals surface area (Å²) in [4.78, 5) is 25.8. The van der Waals surface area contributed by atoms with Crippen LogP contribution >= 0.6 is 0 Å². The molecule has 2 amide bonds. The molecule has 1 rings (SSSR count). The van der Waals surface area contributed by atoms with Crippen molar-refractivity contribution < 1.29 is 19.4 Å². The number of aliphatic carboxylic acids is 1. The van der Waals surface area contributed by atoms with Crippen molar-refractivity contribution in [1.82, 2.24) is 15.1 Å². The molecule has 1 saturated heterocycles. The van der Waals surface area contributed by atoms with E-state index in [1.165, 1.54) is 4.90 Å². The van der Waals surface area contributed by atoms with Crippen molar-refractivity contribution in [3.8, 4) is 0 Å². The fourth-order valence-corrected chi connectivity index (χ4v) is 1.93. The Morgan fingerprint density at radius 2 is 2.05 bits per heavy atom. The van der Waals surface area contributed by atoms with Gasteiger partial charge >= 0.3 is 12.0 Å². The average Bonchev–Trinajstić information content (AvgIpc) is 2.41. The van der Waals surface area contributed by atoms with Gasteiger partial charge in [0.05, 0.1) is 13.2 Å². The first-order valence-electron chi connectivity index (χ1n) is 6.68. The maximum atomic E-state index is 11.7. The molecule has 1 aliphatic heterocycles. The lowest BCUT2D eigenvalue weighted by Gasteiger charge is -2.26. The number of amides is 2. The lowest BCUT2D eigenvalue weighted by molar-refractivity contribution is -0.137. The van der Waals surface area contributed by atoms with Crippen LogP contribution in [0.5, 0.6) is 0 Å². The Morgan fingerprint density at radius 3 is 2.63 bits per heavy atom. The molecule has 7 heteroatoms. The second kappa shape index (κ2) is 8.71. The molecule has 1 aliphatic rings. The highest BCUT2D eigenvalue weighted by Gasteiger charge is 2.14. The first-order valence-corrected chi connectivity index (χ1v) is 6.68. The van der Waals surface area contributed by atoms with E-state index in [0.717, 1.165) is 39.3 Å². The second-order valence-corrected chi connectivity index (χ2v) is 4.45. The lowest BCUT2D eigenvalue weighted by atomic mass is 10.3. The van der Waals surface area contributed by atoms with Crippen LogP contribution in [0.1, 0.15) is 13.3 Å². The number of nitrogens with one attached hydrogen (secondary N) is 1. The quantitative estimate of drug-likeness (QED) is 0.629. The van der Waals surface area contributed by atoms with Crippen LogP contribution in [0, 0.1) is 0 Å². The molecule has 0 bridgehead atoms. The van der Waals surface area contributed by atoms with Crippen molar-refractivity contribution >= 4 is 12.0 Å². The standard InChI is InChI=1S/C12H23N3O4/c1-2-15(10-11(16)17)12(18)13-4-3-5-14-6-8-19-9-7-14/h2-10H2,1H3,(H,13,18)(H,16,17). The Hall–Kier alpha value is -1.34. The summed E-state index contributed by atoms with van der Waals surface area (Å²) in [6.07, 6.45) is 0.858. The van der Waals surface area contributed by atoms with Gasteiger partial charge in [-0.15, -0.1) is 0 Å². The van der Waals surface area contributed by atoms with Crippen LogP contribution in [0.25, 0.3) is 0 Å². The summed E-state index contributed by atoms with van der Waals surface area (Å²) in [6, 6.07) is -0.313. The molecule has 0 aromatic rings. The van der Waals surface area contributed by atoms with Crippen LogP contribution in [0.15, 0.2) is 0 Å². The molecule has 110 valence electrons. The zero-order chi connectivity index (χ0) is 14.1. The topological polar surface area (TPSA) is 82.1 Å². The first kappa shape index (κ1) is 15.7. The summed E-state index contributed by atoms with van der Waals surface area (Å²) in [5.74, 6) is -0.995. The summed E-state index contributed by atoms with van der Waals surface area (Å²) < 4.78 is 5.25. The van der Waals surface area contributed by atoms with E-state index in [-0.39, 0.29) is 12.6 Å². The van der Waals surface area contributed by atoms with Gasteiger partial charge in [0.25, 0.3) is 0 Å². The number of hydrogen-bond donors (Lipinski definition) is 2. The Morgan fingerprint density at radius 1 is 1.37 bits per heavy atom. The zero-order valence-corrected chi connectivity index (χ0v) is 11.4. The Balaban J connectivity index is 2.13. The van der Waals surface area contributed by atoms with Gasteiger partial charge in [-0.05, 0) is 19.9 Å².